The molecule has 0 aliphatic heterocycles. The van der Waals surface area contributed by atoms with Gasteiger partial charge in [-0.3, -0.25) is 9.98 Å². The van der Waals surface area contributed by atoms with E-state index in [0.29, 0.717) is 22.5 Å². The number of benzene rings is 4. The highest BCUT2D eigenvalue weighted by Crippen LogP contribution is 2.32. The van der Waals surface area contributed by atoms with Crippen LogP contribution in [0.4, 0.5) is 11.4 Å². The van der Waals surface area contributed by atoms with E-state index in [-0.39, 0.29) is 35.7 Å². The highest BCUT2D eigenvalue weighted by molar-refractivity contribution is 5.88. The number of rotatable bonds is 10. The summed E-state index contributed by atoms with van der Waals surface area (Å²) in [5.74, 6) is 0.387. The van der Waals surface area contributed by atoms with Gasteiger partial charge in [-0.1, -0.05) is 85.6 Å². The first-order chi connectivity index (χ1) is 20.5. The molecular weight excluding hydrogens is 520 g/mol. The molecule has 0 aromatic heterocycles. The molecule has 4 atom stereocenters. The highest BCUT2D eigenvalue weighted by Gasteiger charge is 2.23. The molecule has 5 rings (SSSR count). The normalized spacial score (nSPS) is 18.6. The summed E-state index contributed by atoms with van der Waals surface area (Å²) in [4.78, 5) is 9.80. The Balaban J connectivity index is 1.27. The molecule has 4 N–H and O–H groups in total. The molecule has 4 aromatic rings. The Kier molecular flexibility index (Phi) is 9.55. The molecule has 1 aliphatic carbocycles. The summed E-state index contributed by atoms with van der Waals surface area (Å²) in [5, 5.41) is 28.9. The number of nitrogens with zero attached hydrogens (tertiary/aromatic N) is 2. The van der Waals surface area contributed by atoms with Crippen molar-refractivity contribution < 1.29 is 10.2 Å². The molecule has 4 aromatic carbocycles. The highest BCUT2D eigenvalue weighted by atomic mass is 16.3. The maximum absolute atomic E-state index is 11.0. The van der Waals surface area contributed by atoms with Gasteiger partial charge in [-0.25, -0.2) is 0 Å². The van der Waals surface area contributed by atoms with E-state index in [0.717, 1.165) is 36.8 Å². The zero-order valence-electron chi connectivity index (χ0n) is 24.3. The number of anilines is 2. The summed E-state index contributed by atoms with van der Waals surface area (Å²) in [7, 11) is 0. The lowest BCUT2D eigenvalue weighted by Crippen LogP contribution is -2.27. The number of nitrogens with one attached hydrogen (secondary N) is 2. The van der Waals surface area contributed by atoms with Crippen molar-refractivity contribution in [3.63, 3.8) is 0 Å². The first-order valence-corrected chi connectivity index (χ1v) is 14.8. The van der Waals surface area contributed by atoms with Crippen LogP contribution >= 0.6 is 0 Å². The summed E-state index contributed by atoms with van der Waals surface area (Å²) in [6, 6.07) is 31.8. The fourth-order valence-electron chi connectivity index (χ4n) is 5.47. The van der Waals surface area contributed by atoms with Crippen molar-refractivity contribution in [2.45, 2.75) is 63.7 Å². The monoisotopic (exact) mass is 560 g/mol. The van der Waals surface area contributed by atoms with E-state index in [2.05, 4.69) is 48.7 Å². The second-order valence-corrected chi connectivity index (χ2v) is 11.0. The van der Waals surface area contributed by atoms with Gasteiger partial charge < -0.3 is 20.8 Å². The van der Waals surface area contributed by atoms with Gasteiger partial charge >= 0.3 is 0 Å². The van der Waals surface area contributed by atoms with Gasteiger partial charge in [0.05, 0.1) is 23.5 Å². The molecule has 0 bridgehead atoms. The molecular formula is C36H40N4O2. The van der Waals surface area contributed by atoms with Crippen LogP contribution in [0.2, 0.25) is 0 Å². The molecule has 1 fully saturated rings. The SMILES string of the molecule is CC(Nc1cccc(C=NC2CCCCC2N=Cc2cccc(NC(C)c3ccccc3)c2O)c1O)c1ccccc1. The van der Waals surface area contributed by atoms with Crippen molar-refractivity contribution in [3.05, 3.63) is 119 Å². The van der Waals surface area contributed by atoms with Gasteiger partial charge in [-0.05, 0) is 62.1 Å². The summed E-state index contributed by atoms with van der Waals surface area (Å²) < 4.78 is 0. The number of para-hydroxylation sites is 2. The van der Waals surface area contributed by atoms with Crippen molar-refractivity contribution in [3.8, 4) is 11.5 Å². The molecule has 0 radical (unpaired) electrons. The second kappa shape index (κ2) is 13.9. The minimum atomic E-state index is 0.0100. The van der Waals surface area contributed by atoms with Crippen molar-refractivity contribution >= 4 is 23.8 Å². The Bertz CT molecular complexity index is 1390. The molecule has 0 spiro atoms. The van der Waals surface area contributed by atoms with E-state index >= 15 is 0 Å². The van der Waals surface area contributed by atoms with Crippen LogP contribution in [-0.4, -0.2) is 34.7 Å². The van der Waals surface area contributed by atoms with E-state index in [1.165, 1.54) is 0 Å². The summed E-state index contributed by atoms with van der Waals surface area (Å²) >= 11 is 0. The van der Waals surface area contributed by atoms with Crippen LogP contribution in [0, 0.1) is 0 Å². The number of phenols is 2. The lowest BCUT2D eigenvalue weighted by molar-refractivity contribution is 0.390. The first kappa shape index (κ1) is 28.9. The van der Waals surface area contributed by atoms with Gasteiger partial charge in [0.1, 0.15) is 11.5 Å². The number of aromatic hydroxyl groups is 2. The number of hydrogen-bond donors (Lipinski definition) is 4. The molecule has 1 saturated carbocycles. The maximum atomic E-state index is 11.0. The third kappa shape index (κ3) is 7.19. The van der Waals surface area contributed by atoms with Crippen LogP contribution in [0.5, 0.6) is 11.5 Å². The van der Waals surface area contributed by atoms with Crippen LogP contribution in [0.15, 0.2) is 107 Å². The summed E-state index contributed by atoms with van der Waals surface area (Å²) in [5.41, 5.74) is 5.02. The van der Waals surface area contributed by atoms with Gasteiger partial charge in [-0.2, -0.15) is 0 Å². The second-order valence-electron chi connectivity index (χ2n) is 11.0. The molecule has 6 heteroatoms. The van der Waals surface area contributed by atoms with E-state index in [1.54, 1.807) is 12.4 Å². The van der Waals surface area contributed by atoms with Gasteiger partial charge in [0.15, 0.2) is 0 Å². The summed E-state index contributed by atoms with van der Waals surface area (Å²) in [6.07, 6.45) is 7.61. The third-order valence-electron chi connectivity index (χ3n) is 7.98. The van der Waals surface area contributed by atoms with E-state index in [1.807, 2.05) is 72.8 Å². The average molecular weight is 561 g/mol. The Morgan fingerprint density at radius 1 is 0.595 bits per heavy atom. The van der Waals surface area contributed by atoms with Gasteiger partial charge in [0, 0.05) is 35.6 Å². The molecule has 1 aliphatic rings. The van der Waals surface area contributed by atoms with Crippen LogP contribution in [0.1, 0.15) is 73.9 Å². The number of hydrogen-bond acceptors (Lipinski definition) is 6. The van der Waals surface area contributed by atoms with E-state index in [9.17, 15) is 10.2 Å². The van der Waals surface area contributed by atoms with Crippen LogP contribution < -0.4 is 10.6 Å². The number of aliphatic imine (C=N–C) groups is 2. The zero-order chi connectivity index (χ0) is 29.3. The van der Waals surface area contributed by atoms with Crippen molar-refractivity contribution in [1.29, 1.82) is 0 Å². The Morgan fingerprint density at radius 3 is 1.40 bits per heavy atom. The Hall–Kier alpha value is -4.58. The zero-order valence-corrected chi connectivity index (χ0v) is 24.3. The topological polar surface area (TPSA) is 89.2 Å². The van der Waals surface area contributed by atoms with Gasteiger partial charge in [0.2, 0.25) is 0 Å². The average Bonchev–Trinajstić information content (AvgIpc) is 3.03. The van der Waals surface area contributed by atoms with E-state index < -0.39 is 0 Å². The lowest BCUT2D eigenvalue weighted by Gasteiger charge is -2.25. The molecule has 4 unspecified atom stereocenters. The third-order valence-corrected chi connectivity index (χ3v) is 7.98. The predicted molar refractivity (Wildman–Crippen MR) is 174 cm³/mol. The Labute approximate surface area is 248 Å². The van der Waals surface area contributed by atoms with Crippen LogP contribution in [0.25, 0.3) is 0 Å². The fourth-order valence-corrected chi connectivity index (χ4v) is 5.47. The molecule has 6 nitrogen and oxygen atoms in total. The minimum Gasteiger partial charge on any atom is -0.505 e. The van der Waals surface area contributed by atoms with Gasteiger partial charge in [0.25, 0.3) is 0 Å². The lowest BCUT2D eigenvalue weighted by atomic mass is 9.91. The van der Waals surface area contributed by atoms with Crippen molar-refractivity contribution in [2.75, 3.05) is 10.6 Å². The molecule has 216 valence electrons. The molecule has 0 heterocycles. The predicted octanol–water partition coefficient (Wildman–Crippen LogP) is 8.29. The smallest absolute Gasteiger partial charge is 0.147 e. The van der Waals surface area contributed by atoms with Crippen molar-refractivity contribution in [2.24, 2.45) is 9.98 Å². The minimum absolute atomic E-state index is 0.0100. The van der Waals surface area contributed by atoms with Gasteiger partial charge in [-0.15, -0.1) is 0 Å². The summed E-state index contributed by atoms with van der Waals surface area (Å²) in [6.45, 7) is 4.15. The molecule has 0 amide bonds. The first-order valence-electron chi connectivity index (χ1n) is 14.8. The number of phenolic OH excluding ortho intramolecular Hbond substituents is 2. The van der Waals surface area contributed by atoms with Crippen molar-refractivity contribution in [1.82, 2.24) is 0 Å². The maximum Gasteiger partial charge on any atom is 0.147 e. The standard InChI is InChI=1S/C36H40N4O2/c1-25(27-13-5-3-6-14-27)39-33-21-11-17-29(35(33)41)23-37-31-19-9-10-20-32(31)38-24-30-18-12-22-34(36(30)42)40-26(2)28-15-7-4-8-16-28/h3-8,11-18,21-26,31-32,39-42H,9-10,19-20H2,1-2H3. The van der Waals surface area contributed by atoms with E-state index in [4.69, 9.17) is 9.98 Å². The quantitative estimate of drug-likeness (QED) is 0.116. The van der Waals surface area contributed by atoms with Crippen LogP contribution in [0.3, 0.4) is 0 Å². The Morgan fingerprint density at radius 2 is 1.00 bits per heavy atom. The largest absolute Gasteiger partial charge is 0.505 e. The molecule has 0 saturated heterocycles. The molecule has 42 heavy (non-hydrogen) atoms. The van der Waals surface area contributed by atoms with Crippen LogP contribution in [-0.2, 0) is 0 Å². The fraction of sp³-hybridized carbons (Fsp3) is 0.278.